The van der Waals surface area contributed by atoms with Gasteiger partial charge in [-0.25, -0.2) is 0 Å². The van der Waals surface area contributed by atoms with Crippen LogP contribution in [0.15, 0.2) is 59.6 Å². The molecule has 1 amide bonds. The van der Waals surface area contributed by atoms with Gasteiger partial charge in [0.2, 0.25) is 0 Å². The molecule has 0 heterocycles. The van der Waals surface area contributed by atoms with Crippen molar-refractivity contribution in [2.24, 2.45) is 0 Å². The fourth-order valence-electron chi connectivity index (χ4n) is 2.18. The van der Waals surface area contributed by atoms with Crippen molar-refractivity contribution < 1.29 is 9.53 Å². The third kappa shape index (κ3) is 6.90. The summed E-state index contributed by atoms with van der Waals surface area (Å²) in [6.45, 7) is 6.95. The Kier molecular flexibility index (Phi) is 9.27. The van der Waals surface area contributed by atoms with Crippen molar-refractivity contribution in [2.75, 3.05) is 18.5 Å². The van der Waals surface area contributed by atoms with Crippen LogP contribution in [0, 0.1) is 6.92 Å². The van der Waals surface area contributed by atoms with Gasteiger partial charge in [0.15, 0.2) is 6.61 Å². The van der Waals surface area contributed by atoms with E-state index in [4.69, 9.17) is 4.74 Å². The molecular formula is C19H22BrClN2O2. The van der Waals surface area contributed by atoms with E-state index in [0.29, 0.717) is 18.8 Å². The molecule has 0 fully saturated rings. The molecule has 0 aliphatic carbocycles. The maximum atomic E-state index is 12.1. The molecule has 0 saturated heterocycles. The third-order valence-corrected chi connectivity index (χ3v) is 3.90. The number of nitrogens with one attached hydrogen (secondary N) is 2. The normalized spacial score (nSPS) is 9.84. The number of aryl methyl sites for hydroxylation is 1. The molecule has 0 radical (unpaired) electrons. The smallest absolute Gasteiger partial charge is 0.262 e. The Balaban J connectivity index is 0.00000312. The van der Waals surface area contributed by atoms with Crippen LogP contribution in [0.25, 0.3) is 0 Å². The summed E-state index contributed by atoms with van der Waals surface area (Å²) in [5.74, 6) is 0.506. The van der Waals surface area contributed by atoms with E-state index in [-0.39, 0.29) is 24.9 Å². The second kappa shape index (κ2) is 10.9. The van der Waals surface area contributed by atoms with Gasteiger partial charge in [-0.05, 0) is 36.8 Å². The lowest BCUT2D eigenvalue weighted by Crippen LogP contribution is -2.21. The summed E-state index contributed by atoms with van der Waals surface area (Å²) in [5.41, 5.74) is 2.80. The van der Waals surface area contributed by atoms with Gasteiger partial charge in [-0.3, -0.25) is 4.79 Å². The number of para-hydroxylation sites is 1. The average molecular weight is 426 g/mol. The average Bonchev–Trinajstić information content (AvgIpc) is 2.56. The van der Waals surface area contributed by atoms with Gasteiger partial charge in [0.25, 0.3) is 5.91 Å². The van der Waals surface area contributed by atoms with Crippen LogP contribution in [0.5, 0.6) is 5.75 Å². The van der Waals surface area contributed by atoms with E-state index in [0.717, 1.165) is 21.3 Å². The molecule has 2 N–H and O–H groups in total. The van der Waals surface area contributed by atoms with E-state index in [1.807, 2.05) is 49.4 Å². The van der Waals surface area contributed by atoms with E-state index in [1.165, 1.54) is 0 Å². The molecule has 2 rings (SSSR count). The maximum absolute atomic E-state index is 12.1. The second-order valence-electron chi connectivity index (χ2n) is 5.32. The zero-order valence-electron chi connectivity index (χ0n) is 14.0. The van der Waals surface area contributed by atoms with Crippen molar-refractivity contribution in [3.8, 4) is 5.75 Å². The molecule has 25 heavy (non-hydrogen) atoms. The van der Waals surface area contributed by atoms with Gasteiger partial charge in [-0.1, -0.05) is 40.2 Å². The molecular weight excluding hydrogens is 404 g/mol. The first-order valence-corrected chi connectivity index (χ1v) is 8.47. The fraction of sp³-hybridized carbons (Fsp3) is 0.211. The molecule has 0 aromatic heterocycles. The van der Waals surface area contributed by atoms with Crippen LogP contribution in [0.4, 0.5) is 5.69 Å². The lowest BCUT2D eigenvalue weighted by molar-refractivity contribution is -0.118. The van der Waals surface area contributed by atoms with Crippen molar-refractivity contribution in [3.63, 3.8) is 0 Å². The SMILES string of the molecule is C=CCNCc1cc(Br)ccc1OCC(=O)Nc1ccccc1C.Cl. The summed E-state index contributed by atoms with van der Waals surface area (Å²) in [6, 6.07) is 13.4. The van der Waals surface area contributed by atoms with Crippen LogP contribution in [0.2, 0.25) is 0 Å². The fourth-order valence-corrected chi connectivity index (χ4v) is 2.59. The highest BCUT2D eigenvalue weighted by Crippen LogP contribution is 2.23. The largest absolute Gasteiger partial charge is 0.483 e. The number of carbonyl (C=O) groups excluding carboxylic acids is 1. The Hall–Kier alpha value is -1.82. The molecule has 0 spiro atoms. The van der Waals surface area contributed by atoms with Crippen LogP contribution in [-0.4, -0.2) is 19.1 Å². The zero-order valence-corrected chi connectivity index (χ0v) is 16.5. The number of carbonyl (C=O) groups is 1. The molecule has 0 atom stereocenters. The van der Waals surface area contributed by atoms with E-state index >= 15 is 0 Å². The zero-order chi connectivity index (χ0) is 17.4. The summed E-state index contributed by atoms with van der Waals surface area (Å²) in [6.07, 6.45) is 1.80. The monoisotopic (exact) mass is 424 g/mol. The van der Waals surface area contributed by atoms with Gasteiger partial charge >= 0.3 is 0 Å². The first kappa shape index (κ1) is 21.2. The van der Waals surface area contributed by atoms with Crippen LogP contribution in [0.1, 0.15) is 11.1 Å². The predicted molar refractivity (Wildman–Crippen MR) is 109 cm³/mol. The lowest BCUT2D eigenvalue weighted by Gasteiger charge is -2.13. The molecule has 0 aliphatic heterocycles. The van der Waals surface area contributed by atoms with E-state index in [2.05, 4.69) is 33.1 Å². The van der Waals surface area contributed by atoms with Crippen molar-refractivity contribution in [3.05, 3.63) is 70.7 Å². The number of rotatable bonds is 8. The molecule has 0 aliphatic rings. The van der Waals surface area contributed by atoms with Crippen LogP contribution < -0.4 is 15.4 Å². The minimum atomic E-state index is -0.183. The van der Waals surface area contributed by atoms with Crippen molar-refractivity contribution in [1.29, 1.82) is 0 Å². The first-order valence-electron chi connectivity index (χ1n) is 7.68. The quantitative estimate of drug-likeness (QED) is 0.484. The highest BCUT2D eigenvalue weighted by Gasteiger charge is 2.09. The Morgan fingerprint density at radius 2 is 2.04 bits per heavy atom. The molecule has 6 heteroatoms. The van der Waals surface area contributed by atoms with Gasteiger partial charge in [0.05, 0.1) is 0 Å². The number of ether oxygens (including phenoxy) is 1. The van der Waals surface area contributed by atoms with Gasteiger partial charge in [-0.2, -0.15) is 0 Å². The van der Waals surface area contributed by atoms with Gasteiger partial charge in [0, 0.05) is 28.8 Å². The number of anilines is 1. The topological polar surface area (TPSA) is 50.4 Å². The Bertz CT molecular complexity index is 722. The second-order valence-corrected chi connectivity index (χ2v) is 6.24. The van der Waals surface area contributed by atoms with E-state index in [1.54, 1.807) is 6.08 Å². The van der Waals surface area contributed by atoms with Crippen molar-refractivity contribution >= 4 is 39.9 Å². The number of benzene rings is 2. The van der Waals surface area contributed by atoms with Crippen molar-refractivity contribution in [2.45, 2.75) is 13.5 Å². The molecule has 134 valence electrons. The van der Waals surface area contributed by atoms with E-state index < -0.39 is 0 Å². The minimum Gasteiger partial charge on any atom is -0.483 e. The predicted octanol–water partition coefficient (Wildman–Crippen LogP) is 4.47. The van der Waals surface area contributed by atoms with Crippen LogP contribution in [-0.2, 0) is 11.3 Å². The number of amides is 1. The Labute approximate surface area is 163 Å². The molecule has 4 nitrogen and oxygen atoms in total. The lowest BCUT2D eigenvalue weighted by atomic mass is 10.2. The van der Waals surface area contributed by atoms with E-state index in [9.17, 15) is 4.79 Å². The summed E-state index contributed by atoms with van der Waals surface area (Å²) < 4.78 is 6.67. The number of hydrogen-bond donors (Lipinski definition) is 2. The Morgan fingerprint density at radius 1 is 1.28 bits per heavy atom. The highest BCUT2D eigenvalue weighted by molar-refractivity contribution is 9.10. The molecule has 2 aromatic rings. The van der Waals surface area contributed by atoms with Gasteiger partial charge in [-0.15, -0.1) is 19.0 Å². The standard InChI is InChI=1S/C19H21BrN2O2.ClH/c1-3-10-21-12-15-11-16(20)8-9-18(15)24-13-19(23)22-17-7-5-4-6-14(17)2;/h3-9,11,21H,1,10,12-13H2,2H3,(H,22,23);1H. The van der Waals surface area contributed by atoms with Gasteiger partial charge in [0.1, 0.15) is 5.75 Å². The third-order valence-electron chi connectivity index (χ3n) is 3.40. The maximum Gasteiger partial charge on any atom is 0.262 e. The molecule has 0 unspecified atom stereocenters. The van der Waals surface area contributed by atoms with Gasteiger partial charge < -0.3 is 15.4 Å². The molecule has 2 aromatic carbocycles. The van der Waals surface area contributed by atoms with Crippen molar-refractivity contribution in [1.82, 2.24) is 5.32 Å². The first-order chi connectivity index (χ1) is 11.6. The minimum absolute atomic E-state index is 0. The summed E-state index contributed by atoms with van der Waals surface area (Å²) in [7, 11) is 0. The summed E-state index contributed by atoms with van der Waals surface area (Å²) in [5, 5.41) is 6.10. The summed E-state index contributed by atoms with van der Waals surface area (Å²) in [4.78, 5) is 12.1. The number of hydrogen-bond acceptors (Lipinski definition) is 3. The molecule has 0 bridgehead atoms. The van der Waals surface area contributed by atoms with Crippen LogP contribution >= 0.6 is 28.3 Å². The summed E-state index contributed by atoms with van der Waals surface area (Å²) >= 11 is 3.45. The highest BCUT2D eigenvalue weighted by atomic mass is 79.9. The van der Waals surface area contributed by atoms with Crippen LogP contribution in [0.3, 0.4) is 0 Å². The Morgan fingerprint density at radius 3 is 2.76 bits per heavy atom. The molecule has 0 saturated carbocycles. The number of halogens is 2.